The average Bonchev–Trinajstić information content (AvgIpc) is 2.01. The summed E-state index contributed by atoms with van der Waals surface area (Å²) in [5.41, 5.74) is 0. The third-order valence-electron chi connectivity index (χ3n) is 2.10. The molecule has 4 N–H and O–H groups in total. The lowest BCUT2D eigenvalue weighted by Gasteiger charge is -2.36. The monoisotopic (exact) mass is 177 g/mol. The summed E-state index contributed by atoms with van der Waals surface area (Å²) in [6, 6.07) is 0. The first kappa shape index (κ1) is 9.88. The van der Waals surface area contributed by atoms with Crippen LogP contribution >= 0.6 is 0 Å². The van der Waals surface area contributed by atoms with Crippen molar-refractivity contribution in [3.63, 3.8) is 0 Å². The van der Waals surface area contributed by atoms with Crippen LogP contribution in [0.3, 0.4) is 0 Å². The van der Waals surface area contributed by atoms with Gasteiger partial charge in [-0.2, -0.15) is 0 Å². The van der Waals surface area contributed by atoms with E-state index in [1.165, 1.54) is 0 Å². The predicted molar refractivity (Wildman–Crippen MR) is 41.5 cm³/mol. The summed E-state index contributed by atoms with van der Waals surface area (Å²) < 4.78 is 0. The van der Waals surface area contributed by atoms with Crippen LogP contribution in [0.5, 0.6) is 0 Å². The van der Waals surface area contributed by atoms with E-state index >= 15 is 0 Å². The van der Waals surface area contributed by atoms with E-state index in [1.807, 2.05) is 0 Å². The second-order valence-electron chi connectivity index (χ2n) is 3.11. The molecule has 1 aliphatic heterocycles. The molecule has 5 heteroatoms. The van der Waals surface area contributed by atoms with E-state index in [2.05, 4.69) is 0 Å². The van der Waals surface area contributed by atoms with Crippen LogP contribution in [0, 0.1) is 0 Å². The van der Waals surface area contributed by atoms with Gasteiger partial charge in [-0.05, 0) is 0 Å². The van der Waals surface area contributed by atoms with Crippen molar-refractivity contribution in [1.29, 1.82) is 0 Å². The molecule has 1 heterocycles. The minimum Gasteiger partial charge on any atom is -0.395 e. The molecule has 1 aliphatic rings. The highest BCUT2D eigenvalue weighted by Crippen LogP contribution is 2.10. The van der Waals surface area contributed by atoms with Gasteiger partial charge in [0, 0.05) is 19.6 Å². The Bertz CT molecular complexity index is 131. The highest BCUT2D eigenvalue weighted by Gasteiger charge is 2.32. The molecule has 12 heavy (non-hydrogen) atoms. The zero-order valence-electron chi connectivity index (χ0n) is 6.80. The second-order valence-corrected chi connectivity index (χ2v) is 3.11. The fourth-order valence-electron chi connectivity index (χ4n) is 1.40. The maximum atomic E-state index is 9.21. The molecular weight excluding hydrogens is 162 g/mol. The van der Waals surface area contributed by atoms with Gasteiger partial charge in [-0.25, -0.2) is 0 Å². The highest BCUT2D eigenvalue weighted by molar-refractivity contribution is 4.85. The summed E-state index contributed by atoms with van der Waals surface area (Å²) in [5, 5.41) is 36.2. The Labute approximate surface area is 70.9 Å². The van der Waals surface area contributed by atoms with Gasteiger partial charge in [0.25, 0.3) is 0 Å². The summed E-state index contributed by atoms with van der Waals surface area (Å²) in [4.78, 5) is 1.71. The van der Waals surface area contributed by atoms with Crippen molar-refractivity contribution in [1.82, 2.24) is 4.90 Å². The fraction of sp³-hybridized carbons (Fsp3) is 1.00. The van der Waals surface area contributed by atoms with Gasteiger partial charge in [0.15, 0.2) is 0 Å². The van der Waals surface area contributed by atoms with Crippen molar-refractivity contribution < 1.29 is 20.4 Å². The van der Waals surface area contributed by atoms with Crippen LogP contribution in [0.2, 0.25) is 0 Å². The third kappa shape index (κ3) is 2.15. The SMILES string of the molecule is OCCN1C[C@@H](O)C(O)[C@H](O)C1. The topological polar surface area (TPSA) is 84.2 Å². The molecule has 0 saturated carbocycles. The van der Waals surface area contributed by atoms with E-state index in [1.54, 1.807) is 4.90 Å². The summed E-state index contributed by atoms with van der Waals surface area (Å²) in [6.07, 6.45) is -2.89. The maximum Gasteiger partial charge on any atom is 0.108 e. The average molecular weight is 177 g/mol. The molecule has 0 amide bonds. The van der Waals surface area contributed by atoms with Crippen molar-refractivity contribution in [3.05, 3.63) is 0 Å². The first-order chi connectivity index (χ1) is 5.65. The Balaban J connectivity index is 2.42. The lowest BCUT2D eigenvalue weighted by atomic mass is 10.0. The van der Waals surface area contributed by atoms with Gasteiger partial charge >= 0.3 is 0 Å². The van der Waals surface area contributed by atoms with Crippen LogP contribution in [-0.4, -0.2) is 69.9 Å². The molecule has 0 aromatic heterocycles. The predicted octanol–water partition coefficient (Wildman–Crippen LogP) is -2.62. The zero-order chi connectivity index (χ0) is 9.14. The minimum absolute atomic E-state index is 0.00443. The van der Waals surface area contributed by atoms with Crippen molar-refractivity contribution in [3.8, 4) is 0 Å². The van der Waals surface area contributed by atoms with Crippen LogP contribution < -0.4 is 0 Å². The Morgan fingerprint density at radius 3 is 2.00 bits per heavy atom. The lowest BCUT2D eigenvalue weighted by molar-refractivity contribution is -0.111. The van der Waals surface area contributed by atoms with Crippen molar-refractivity contribution >= 4 is 0 Å². The van der Waals surface area contributed by atoms with Gasteiger partial charge in [0.1, 0.15) is 6.10 Å². The van der Waals surface area contributed by atoms with E-state index in [9.17, 15) is 10.2 Å². The van der Waals surface area contributed by atoms with E-state index in [0.717, 1.165) is 0 Å². The van der Waals surface area contributed by atoms with Gasteiger partial charge in [-0.15, -0.1) is 0 Å². The molecular formula is C7H15NO4. The Kier molecular flexibility index (Phi) is 3.42. The van der Waals surface area contributed by atoms with Crippen LogP contribution in [0.15, 0.2) is 0 Å². The second kappa shape index (κ2) is 4.15. The smallest absolute Gasteiger partial charge is 0.108 e. The molecule has 5 nitrogen and oxygen atoms in total. The van der Waals surface area contributed by atoms with Crippen molar-refractivity contribution in [2.75, 3.05) is 26.2 Å². The van der Waals surface area contributed by atoms with E-state index in [0.29, 0.717) is 19.6 Å². The molecule has 2 atom stereocenters. The number of rotatable bonds is 2. The van der Waals surface area contributed by atoms with E-state index in [4.69, 9.17) is 10.2 Å². The van der Waals surface area contributed by atoms with Crippen LogP contribution in [0.4, 0.5) is 0 Å². The van der Waals surface area contributed by atoms with Gasteiger partial charge in [-0.1, -0.05) is 0 Å². The quantitative estimate of drug-likeness (QED) is 0.371. The molecule has 0 aromatic rings. The molecule has 1 fully saturated rings. The highest BCUT2D eigenvalue weighted by atomic mass is 16.4. The standard InChI is InChI=1S/C7H15NO4/c9-2-1-8-3-5(10)7(12)6(11)4-8/h5-7,9-12H,1-4H2/t5-,6-/m1/s1. The Morgan fingerprint density at radius 1 is 1.08 bits per heavy atom. The van der Waals surface area contributed by atoms with Gasteiger partial charge < -0.3 is 20.4 Å². The largest absolute Gasteiger partial charge is 0.395 e. The lowest BCUT2D eigenvalue weighted by Crippen LogP contribution is -2.55. The maximum absolute atomic E-state index is 9.21. The summed E-state index contributed by atoms with van der Waals surface area (Å²) >= 11 is 0. The number of β-amino-alcohol motifs (C(OH)–C–C–N with tert-alkyl or cyclic N) is 3. The summed E-state index contributed by atoms with van der Waals surface area (Å²) in [5.74, 6) is 0. The normalized spacial score (nSPS) is 34.0. The number of nitrogens with zero attached hydrogens (tertiary/aromatic N) is 1. The number of hydrogen-bond donors (Lipinski definition) is 4. The van der Waals surface area contributed by atoms with Crippen LogP contribution in [-0.2, 0) is 0 Å². The van der Waals surface area contributed by atoms with Gasteiger partial charge in [0.2, 0.25) is 0 Å². The van der Waals surface area contributed by atoms with Crippen LogP contribution in [0.25, 0.3) is 0 Å². The molecule has 72 valence electrons. The molecule has 1 rings (SSSR count). The molecule has 0 radical (unpaired) electrons. The Hall–Kier alpha value is -0.200. The summed E-state index contributed by atoms with van der Waals surface area (Å²) in [6.45, 7) is 1.02. The molecule has 1 saturated heterocycles. The van der Waals surface area contributed by atoms with E-state index in [-0.39, 0.29) is 6.61 Å². The molecule has 0 bridgehead atoms. The summed E-state index contributed by atoms with van der Waals surface area (Å²) in [7, 11) is 0. The molecule has 0 unspecified atom stereocenters. The first-order valence-electron chi connectivity index (χ1n) is 4.02. The number of likely N-dealkylation sites (tertiary alicyclic amines) is 1. The molecule has 0 spiro atoms. The molecule has 0 aliphatic carbocycles. The molecule has 0 aromatic carbocycles. The van der Waals surface area contributed by atoms with Gasteiger partial charge in [0.05, 0.1) is 18.8 Å². The Morgan fingerprint density at radius 2 is 1.58 bits per heavy atom. The minimum atomic E-state index is -1.06. The number of piperidine rings is 1. The number of aliphatic hydroxyl groups is 4. The van der Waals surface area contributed by atoms with Crippen LogP contribution in [0.1, 0.15) is 0 Å². The van der Waals surface area contributed by atoms with Gasteiger partial charge in [-0.3, -0.25) is 4.90 Å². The third-order valence-corrected chi connectivity index (χ3v) is 2.10. The number of aliphatic hydroxyl groups excluding tert-OH is 4. The zero-order valence-corrected chi connectivity index (χ0v) is 6.80. The fourth-order valence-corrected chi connectivity index (χ4v) is 1.40. The first-order valence-corrected chi connectivity index (χ1v) is 4.02. The van der Waals surface area contributed by atoms with Crippen molar-refractivity contribution in [2.24, 2.45) is 0 Å². The van der Waals surface area contributed by atoms with E-state index < -0.39 is 18.3 Å². The number of hydrogen-bond acceptors (Lipinski definition) is 5. The van der Waals surface area contributed by atoms with Crippen molar-refractivity contribution in [2.45, 2.75) is 18.3 Å².